The second kappa shape index (κ2) is 7.74. The number of methoxy groups -OCH3 is 1. The van der Waals surface area contributed by atoms with Crippen LogP contribution in [0.1, 0.15) is 45.1 Å². The van der Waals surface area contributed by atoms with Crippen LogP contribution in [0.5, 0.6) is 0 Å². The minimum Gasteiger partial charge on any atom is -0.467 e. The molecule has 7 nitrogen and oxygen atoms in total. The third kappa shape index (κ3) is 3.65. The van der Waals surface area contributed by atoms with Crippen LogP contribution in [0.15, 0.2) is 28.9 Å². The third-order valence-corrected chi connectivity index (χ3v) is 5.47. The number of likely N-dealkylation sites (tertiary alicyclic amines) is 1. The van der Waals surface area contributed by atoms with E-state index in [1.165, 1.54) is 24.7 Å². The molecule has 0 aliphatic carbocycles. The molecule has 0 radical (unpaired) electrons. The van der Waals surface area contributed by atoms with Crippen LogP contribution >= 0.6 is 11.3 Å². The number of nitrogens with zero attached hydrogens (tertiary/aromatic N) is 1. The average molecular weight is 376 g/mol. The van der Waals surface area contributed by atoms with Crippen LogP contribution in [0, 0.1) is 6.92 Å². The molecule has 1 aliphatic rings. The fraction of sp³-hybridized carbons (Fsp3) is 0.389. The van der Waals surface area contributed by atoms with Crippen LogP contribution in [-0.4, -0.2) is 42.4 Å². The monoisotopic (exact) mass is 376 g/mol. The summed E-state index contributed by atoms with van der Waals surface area (Å²) in [5, 5.41) is 3.29. The number of hydrogen-bond acceptors (Lipinski definition) is 6. The number of nitrogens with one attached hydrogen (secondary N) is 1. The average Bonchev–Trinajstić information content (AvgIpc) is 3.30. The largest absolute Gasteiger partial charge is 0.467 e. The number of carbonyl (C=O) groups excluding carboxylic acids is 3. The Labute approximate surface area is 154 Å². The molecular weight excluding hydrogens is 356 g/mol. The van der Waals surface area contributed by atoms with Crippen molar-refractivity contribution in [2.75, 3.05) is 19.0 Å². The lowest BCUT2D eigenvalue weighted by molar-refractivity contribution is -0.147. The number of esters is 1. The Bertz CT molecular complexity index is 812. The Kier molecular flexibility index (Phi) is 5.41. The zero-order valence-electron chi connectivity index (χ0n) is 14.6. The predicted molar refractivity (Wildman–Crippen MR) is 96.4 cm³/mol. The van der Waals surface area contributed by atoms with E-state index in [1.54, 1.807) is 23.1 Å². The maximum Gasteiger partial charge on any atom is 0.328 e. The SMILES string of the molecule is COC(=O)C1CCCCN1C(=O)c1sc(NC(=O)c2ccco2)cc1C. The molecule has 26 heavy (non-hydrogen) atoms. The van der Waals surface area contributed by atoms with Crippen LogP contribution in [0.25, 0.3) is 0 Å². The molecule has 1 fully saturated rings. The highest BCUT2D eigenvalue weighted by atomic mass is 32.1. The lowest BCUT2D eigenvalue weighted by atomic mass is 10.0. The summed E-state index contributed by atoms with van der Waals surface area (Å²) in [6, 6.07) is 4.39. The predicted octanol–water partition coefficient (Wildman–Crippen LogP) is 3.07. The minimum absolute atomic E-state index is 0.200. The summed E-state index contributed by atoms with van der Waals surface area (Å²) in [7, 11) is 1.33. The smallest absolute Gasteiger partial charge is 0.328 e. The Morgan fingerprint density at radius 2 is 2.15 bits per heavy atom. The van der Waals surface area contributed by atoms with Crippen molar-refractivity contribution in [2.24, 2.45) is 0 Å². The van der Waals surface area contributed by atoms with E-state index in [1.807, 2.05) is 6.92 Å². The Balaban J connectivity index is 1.78. The van der Waals surface area contributed by atoms with Gasteiger partial charge in [0.25, 0.3) is 11.8 Å². The number of amides is 2. The first-order valence-corrected chi connectivity index (χ1v) is 9.17. The number of thiophene rings is 1. The van der Waals surface area contributed by atoms with E-state index in [9.17, 15) is 14.4 Å². The maximum absolute atomic E-state index is 13.0. The standard InChI is InChI=1S/C18H20N2O5S/c1-11-10-14(19-16(21)13-7-5-9-25-13)26-15(11)17(22)20-8-4-3-6-12(20)18(23)24-2/h5,7,9-10,12H,3-4,6,8H2,1-2H3,(H,19,21). The van der Waals surface area contributed by atoms with E-state index < -0.39 is 12.0 Å². The Hall–Kier alpha value is -2.61. The van der Waals surface area contributed by atoms with E-state index in [4.69, 9.17) is 9.15 Å². The first kappa shape index (κ1) is 18.2. The van der Waals surface area contributed by atoms with Gasteiger partial charge in [-0.2, -0.15) is 0 Å². The number of rotatable bonds is 4. The van der Waals surface area contributed by atoms with Gasteiger partial charge < -0.3 is 19.4 Å². The second-order valence-corrected chi connectivity index (χ2v) is 7.14. The van der Waals surface area contributed by atoms with Gasteiger partial charge >= 0.3 is 5.97 Å². The molecule has 2 aromatic heterocycles. The van der Waals surface area contributed by atoms with Gasteiger partial charge in [-0.15, -0.1) is 11.3 Å². The molecule has 0 spiro atoms. The van der Waals surface area contributed by atoms with Crippen molar-refractivity contribution in [3.05, 3.63) is 40.7 Å². The van der Waals surface area contributed by atoms with Gasteiger partial charge in [0.15, 0.2) is 5.76 Å². The summed E-state index contributed by atoms with van der Waals surface area (Å²) in [6.45, 7) is 2.33. The zero-order chi connectivity index (χ0) is 18.7. The van der Waals surface area contributed by atoms with Crippen molar-refractivity contribution in [3.8, 4) is 0 Å². The first-order valence-electron chi connectivity index (χ1n) is 8.35. The van der Waals surface area contributed by atoms with Gasteiger partial charge in [-0.3, -0.25) is 9.59 Å². The fourth-order valence-corrected chi connectivity index (χ4v) is 4.05. The first-order chi connectivity index (χ1) is 12.5. The number of furan rings is 1. The van der Waals surface area contributed by atoms with Crippen molar-refractivity contribution < 1.29 is 23.5 Å². The molecule has 138 valence electrons. The molecule has 0 bridgehead atoms. The zero-order valence-corrected chi connectivity index (χ0v) is 15.4. The lowest BCUT2D eigenvalue weighted by Crippen LogP contribution is -2.48. The van der Waals surface area contributed by atoms with Crippen molar-refractivity contribution in [1.29, 1.82) is 0 Å². The highest BCUT2D eigenvalue weighted by Crippen LogP contribution is 2.30. The van der Waals surface area contributed by atoms with Crippen molar-refractivity contribution in [2.45, 2.75) is 32.2 Å². The molecule has 3 heterocycles. The van der Waals surface area contributed by atoms with Crippen molar-refractivity contribution in [3.63, 3.8) is 0 Å². The Morgan fingerprint density at radius 3 is 2.85 bits per heavy atom. The van der Waals surface area contributed by atoms with Gasteiger partial charge in [-0.05, 0) is 49.9 Å². The summed E-state index contributed by atoms with van der Waals surface area (Å²) >= 11 is 1.19. The second-order valence-electron chi connectivity index (χ2n) is 6.09. The van der Waals surface area contributed by atoms with Crippen LogP contribution in [0.2, 0.25) is 0 Å². The van der Waals surface area contributed by atoms with E-state index >= 15 is 0 Å². The summed E-state index contributed by atoms with van der Waals surface area (Å²) in [5.74, 6) is -0.772. The quantitative estimate of drug-likeness (QED) is 0.829. The van der Waals surface area contributed by atoms with Crippen molar-refractivity contribution in [1.82, 2.24) is 4.90 Å². The topological polar surface area (TPSA) is 88.9 Å². The highest BCUT2D eigenvalue weighted by Gasteiger charge is 2.34. The molecule has 2 aromatic rings. The van der Waals surface area contributed by atoms with Crippen LogP contribution in [0.4, 0.5) is 5.00 Å². The molecule has 1 unspecified atom stereocenters. The maximum atomic E-state index is 13.0. The van der Waals surface area contributed by atoms with Gasteiger partial charge in [-0.1, -0.05) is 0 Å². The lowest BCUT2D eigenvalue weighted by Gasteiger charge is -2.33. The molecule has 1 N–H and O–H groups in total. The summed E-state index contributed by atoms with van der Waals surface area (Å²) in [6.07, 6.45) is 3.76. The Morgan fingerprint density at radius 1 is 1.35 bits per heavy atom. The van der Waals surface area contributed by atoms with Crippen LogP contribution in [-0.2, 0) is 9.53 Å². The minimum atomic E-state index is -0.552. The number of anilines is 1. The molecule has 1 saturated heterocycles. The molecule has 1 atom stereocenters. The summed E-state index contributed by atoms with van der Waals surface area (Å²) in [4.78, 5) is 39.2. The van der Waals surface area contributed by atoms with E-state index in [0.29, 0.717) is 22.8 Å². The molecule has 0 saturated carbocycles. The van der Waals surface area contributed by atoms with Gasteiger partial charge in [0, 0.05) is 6.54 Å². The van der Waals surface area contributed by atoms with E-state index in [-0.39, 0.29) is 17.6 Å². The molecule has 8 heteroatoms. The molecule has 2 amide bonds. The summed E-state index contributed by atoms with van der Waals surface area (Å²) in [5.41, 5.74) is 0.754. The van der Waals surface area contributed by atoms with Crippen LogP contribution in [0.3, 0.4) is 0 Å². The molecule has 0 aromatic carbocycles. The highest BCUT2D eigenvalue weighted by molar-refractivity contribution is 7.18. The van der Waals surface area contributed by atoms with E-state index in [0.717, 1.165) is 18.4 Å². The van der Waals surface area contributed by atoms with Gasteiger partial charge in [0.2, 0.25) is 0 Å². The van der Waals surface area contributed by atoms with Crippen LogP contribution < -0.4 is 5.32 Å². The van der Waals surface area contributed by atoms with Gasteiger partial charge in [0.1, 0.15) is 6.04 Å². The van der Waals surface area contributed by atoms with E-state index in [2.05, 4.69) is 5.32 Å². The normalized spacial score (nSPS) is 17.0. The number of hydrogen-bond donors (Lipinski definition) is 1. The third-order valence-electron chi connectivity index (χ3n) is 4.33. The molecule has 3 rings (SSSR count). The van der Waals surface area contributed by atoms with Gasteiger partial charge in [-0.25, -0.2) is 4.79 Å². The summed E-state index contributed by atoms with van der Waals surface area (Å²) < 4.78 is 9.90. The number of piperidine rings is 1. The molecular formula is C18H20N2O5S. The molecule has 1 aliphatic heterocycles. The number of aryl methyl sites for hydroxylation is 1. The van der Waals surface area contributed by atoms with Gasteiger partial charge in [0.05, 0.1) is 23.3 Å². The number of ether oxygens (including phenoxy) is 1. The number of carbonyl (C=O) groups is 3. The van der Waals surface area contributed by atoms with Crippen molar-refractivity contribution >= 4 is 34.1 Å². The fourth-order valence-electron chi connectivity index (χ4n) is 3.02.